The van der Waals surface area contributed by atoms with Gasteiger partial charge in [-0.3, -0.25) is 0 Å². The van der Waals surface area contributed by atoms with E-state index in [2.05, 4.69) is 32.3 Å². The molecule has 1 fully saturated rings. The molecule has 0 amide bonds. The second-order valence-electron chi connectivity index (χ2n) is 6.99. The molecule has 1 aliphatic heterocycles. The van der Waals surface area contributed by atoms with Crippen LogP contribution in [0.3, 0.4) is 0 Å². The van der Waals surface area contributed by atoms with Crippen molar-refractivity contribution in [2.75, 3.05) is 23.3 Å². The van der Waals surface area contributed by atoms with Crippen molar-refractivity contribution < 1.29 is 4.39 Å². The van der Waals surface area contributed by atoms with Crippen LogP contribution >= 0.6 is 0 Å². The van der Waals surface area contributed by atoms with Crippen LogP contribution in [-0.4, -0.2) is 29.1 Å². The van der Waals surface area contributed by atoms with E-state index in [0.717, 1.165) is 54.2 Å². The van der Waals surface area contributed by atoms with Gasteiger partial charge >= 0.3 is 0 Å². The maximum atomic E-state index is 14.1. The van der Waals surface area contributed by atoms with Gasteiger partial charge in [0, 0.05) is 41.6 Å². The average Bonchev–Trinajstić information content (AvgIpc) is 2.63. The van der Waals surface area contributed by atoms with Gasteiger partial charge in [0.05, 0.1) is 0 Å². The zero-order valence-corrected chi connectivity index (χ0v) is 15.2. The van der Waals surface area contributed by atoms with E-state index in [1.165, 1.54) is 6.07 Å². The van der Waals surface area contributed by atoms with Crippen LogP contribution in [0, 0.1) is 19.7 Å². The molecule has 3 heterocycles. The number of halogens is 1. The molecule has 1 saturated heterocycles. The number of rotatable bonds is 3. The van der Waals surface area contributed by atoms with Crippen LogP contribution in [0.15, 0.2) is 42.5 Å². The number of pyridine rings is 2. The van der Waals surface area contributed by atoms with Gasteiger partial charge in [0.15, 0.2) is 0 Å². The Labute approximate surface area is 153 Å². The van der Waals surface area contributed by atoms with Crippen molar-refractivity contribution in [1.29, 1.82) is 0 Å². The van der Waals surface area contributed by atoms with Gasteiger partial charge in [-0.25, -0.2) is 14.4 Å². The molecule has 1 N–H and O–H groups in total. The lowest BCUT2D eigenvalue weighted by Crippen LogP contribution is -2.39. The molecule has 0 aliphatic carbocycles. The fraction of sp³-hybridized carbons (Fsp3) is 0.333. The van der Waals surface area contributed by atoms with Gasteiger partial charge in [-0.05, 0) is 51.0 Å². The zero-order valence-electron chi connectivity index (χ0n) is 15.2. The largest absolute Gasteiger partial charge is 0.382 e. The van der Waals surface area contributed by atoms with Crippen molar-refractivity contribution in [3.05, 3.63) is 59.7 Å². The summed E-state index contributed by atoms with van der Waals surface area (Å²) in [5, 5.41) is 4.47. The third-order valence-electron chi connectivity index (χ3n) is 4.97. The molecule has 0 unspecified atom stereocenters. The van der Waals surface area contributed by atoms with Crippen molar-refractivity contribution in [3.63, 3.8) is 0 Å². The predicted molar refractivity (Wildman–Crippen MR) is 104 cm³/mol. The molecule has 0 spiro atoms. The average molecular weight is 350 g/mol. The highest BCUT2D eigenvalue weighted by atomic mass is 19.1. The van der Waals surface area contributed by atoms with Crippen LogP contribution in [0.25, 0.3) is 10.9 Å². The molecule has 0 radical (unpaired) electrons. The third kappa shape index (κ3) is 3.34. The first-order chi connectivity index (χ1) is 12.6. The minimum absolute atomic E-state index is 0.269. The van der Waals surface area contributed by atoms with E-state index < -0.39 is 0 Å². The number of piperidine rings is 1. The van der Waals surface area contributed by atoms with E-state index in [1.807, 2.05) is 32.0 Å². The number of nitrogens with one attached hydrogen (secondary N) is 1. The normalized spacial score (nSPS) is 15.4. The number of benzene rings is 1. The quantitative estimate of drug-likeness (QED) is 0.757. The minimum Gasteiger partial charge on any atom is -0.382 e. The third-order valence-corrected chi connectivity index (χ3v) is 4.97. The highest BCUT2D eigenvalue weighted by Gasteiger charge is 2.21. The molecule has 4 rings (SSSR count). The van der Waals surface area contributed by atoms with E-state index in [9.17, 15) is 4.39 Å². The van der Waals surface area contributed by atoms with E-state index >= 15 is 0 Å². The maximum Gasteiger partial charge on any atom is 0.149 e. The predicted octanol–water partition coefficient (Wildman–Crippen LogP) is 4.47. The Hall–Kier alpha value is -2.69. The van der Waals surface area contributed by atoms with Crippen LogP contribution in [0.2, 0.25) is 0 Å². The standard InChI is InChI=1S/C21H23FN4/c1-14-5-3-8-20(23-14)26-11-9-16(10-12-26)25-19-13-15(2)24-21-17(19)6-4-7-18(21)22/h3-8,13,16H,9-12H2,1-2H3,(H,24,25). The number of hydrogen-bond acceptors (Lipinski definition) is 4. The molecule has 134 valence electrons. The molecule has 5 heteroatoms. The molecule has 1 aliphatic rings. The number of fused-ring (bicyclic) bond motifs is 1. The fourth-order valence-electron chi connectivity index (χ4n) is 3.64. The lowest BCUT2D eigenvalue weighted by Gasteiger charge is -2.34. The number of para-hydroxylation sites is 1. The maximum absolute atomic E-state index is 14.1. The second kappa shape index (κ2) is 6.90. The Bertz CT molecular complexity index is 932. The SMILES string of the molecule is Cc1cccc(N2CCC(Nc3cc(C)nc4c(F)cccc34)CC2)n1. The summed E-state index contributed by atoms with van der Waals surface area (Å²) in [6.45, 7) is 5.85. The molecule has 0 saturated carbocycles. The Morgan fingerprint density at radius 2 is 1.77 bits per heavy atom. The monoisotopic (exact) mass is 350 g/mol. The lowest BCUT2D eigenvalue weighted by atomic mass is 10.0. The summed E-state index contributed by atoms with van der Waals surface area (Å²) >= 11 is 0. The Morgan fingerprint density at radius 1 is 1.00 bits per heavy atom. The summed E-state index contributed by atoms with van der Waals surface area (Å²) in [5.74, 6) is 0.783. The van der Waals surface area contributed by atoms with Crippen molar-refractivity contribution in [2.24, 2.45) is 0 Å². The molecular weight excluding hydrogens is 327 g/mol. The van der Waals surface area contributed by atoms with Gasteiger partial charge in [-0.15, -0.1) is 0 Å². The Morgan fingerprint density at radius 3 is 2.54 bits per heavy atom. The summed E-state index contributed by atoms with van der Waals surface area (Å²) in [5.41, 5.74) is 3.28. The highest BCUT2D eigenvalue weighted by Crippen LogP contribution is 2.28. The first kappa shape index (κ1) is 16.8. The van der Waals surface area contributed by atoms with Crippen molar-refractivity contribution >= 4 is 22.4 Å². The van der Waals surface area contributed by atoms with E-state index in [4.69, 9.17) is 0 Å². The molecule has 4 nitrogen and oxygen atoms in total. The van der Waals surface area contributed by atoms with Crippen molar-refractivity contribution in [2.45, 2.75) is 32.7 Å². The van der Waals surface area contributed by atoms with Crippen molar-refractivity contribution in [3.8, 4) is 0 Å². The van der Waals surface area contributed by atoms with E-state index in [0.29, 0.717) is 11.6 Å². The zero-order chi connectivity index (χ0) is 18.1. The number of anilines is 2. The molecule has 26 heavy (non-hydrogen) atoms. The molecule has 0 bridgehead atoms. The smallest absolute Gasteiger partial charge is 0.149 e. The topological polar surface area (TPSA) is 41.0 Å². The molecule has 1 aromatic carbocycles. The Kier molecular flexibility index (Phi) is 4.45. The fourth-order valence-corrected chi connectivity index (χ4v) is 3.64. The molecule has 0 atom stereocenters. The summed E-state index contributed by atoms with van der Waals surface area (Å²) in [4.78, 5) is 11.3. The van der Waals surface area contributed by atoms with E-state index in [1.54, 1.807) is 6.07 Å². The number of nitrogens with zero attached hydrogens (tertiary/aromatic N) is 3. The van der Waals surface area contributed by atoms with Crippen LogP contribution in [0.4, 0.5) is 15.9 Å². The van der Waals surface area contributed by atoms with Gasteiger partial charge in [0.25, 0.3) is 0 Å². The molecule has 3 aromatic rings. The summed E-state index contributed by atoms with van der Waals surface area (Å²) in [7, 11) is 0. The minimum atomic E-state index is -0.269. The molecule has 2 aromatic heterocycles. The highest BCUT2D eigenvalue weighted by molar-refractivity contribution is 5.91. The van der Waals surface area contributed by atoms with Crippen LogP contribution < -0.4 is 10.2 Å². The van der Waals surface area contributed by atoms with Gasteiger partial charge in [0.2, 0.25) is 0 Å². The van der Waals surface area contributed by atoms with Crippen LogP contribution in [-0.2, 0) is 0 Å². The van der Waals surface area contributed by atoms with Gasteiger partial charge in [-0.1, -0.05) is 18.2 Å². The van der Waals surface area contributed by atoms with Crippen LogP contribution in [0.1, 0.15) is 24.2 Å². The summed E-state index contributed by atoms with van der Waals surface area (Å²) < 4.78 is 14.1. The number of aryl methyl sites for hydroxylation is 2. The summed E-state index contributed by atoms with van der Waals surface area (Å²) in [6, 6.07) is 13.7. The first-order valence-electron chi connectivity index (χ1n) is 9.11. The first-order valence-corrected chi connectivity index (χ1v) is 9.11. The van der Waals surface area contributed by atoms with E-state index in [-0.39, 0.29) is 5.82 Å². The number of hydrogen-bond donors (Lipinski definition) is 1. The Balaban J connectivity index is 1.50. The molecular formula is C21H23FN4. The summed E-state index contributed by atoms with van der Waals surface area (Å²) in [6.07, 6.45) is 2.04. The van der Waals surface area contributed by atoms with Gasteiger partial charge in [-0.2, -0.15) is 0 Å². The lowest BCUT2D eigenvalue weighted by molar-refractivity contribution is 0.523. The second-order valence-corrected chi connectivity index (χ2v) is 6.99. The van der Waals surface area contributed by atoms with Gasteiger partial charge in [0.1, 0.15) is 17.2 Å². The number of aromatic nitrogens is 2. The van der Waals surface area contributed by atoms with Gasteiger partial charge < -0.3 is 10.2 Å². The van der Waals surface area contributed by atoms with Crippen LogP contribution in [0.5, 0.6) is 0 Å². The van der Waals surface area contributed by atoms with Crippen molar-refractivity contribution in [1.82, 2.24) is 9.97 Å².